The number of hydrogen-bond acceptors (Lipinski definition) is 4. The van der Waals surface area contributed by atoms with E-state index >= 15 is 0 Å². The van der Waals surface area contributed by atoms with Crippen molar-refractivity contribution in [3.05, 3.63) is 0 Å². The average Bonchev–Trinajstić information content (AvgIpc) is 2.30. The number of alkyl halides is 1. The van der Waals surface area contributed by atoms with Gasteiger partial charge in [-0.1, -0.05) is 0 Å². The SMILES string of the molecule is CO[Si](CCCNC(=O)C(C)Cl)(OC)OC. The zero-order valence-electron chi connectivity index (χ0n) is 10.2. The molecule has 1 atom stereocenters. The highest BCUT2D eigenvalue weighted by Gasteiger charge is 2.36. The van der Waals surface area contributed by atoms with Crippen LogP contribution in [0.25, 0.3) is 0 Å². The molecule has 0 rings (SSSR count). The van der Waals surface area contributed by atoms with Crippen LogP contribution in [0.5, 0.6) is 0 Å². The number of rotatable bonds is 8. The smallest absolute Gasteiger partial charge is 0.377 e. The zero-order valence-corrected chi connectivity index (χ0v) is 12.0. The van der Waals surface area contributed by atoms with E-state index in [9.17, 15) is 4.79 Å². The van der Waals surface area contributed by atoms with Crippen LogP contribution in [0.15, 0.2) is 0 Å². The summed E-state index contributed by atoms with van der Waals surface area (Å²) in [6, 6.07) is 0.660. The van der Waals surface area contributed by atoms with Gasteiger partial charge in [-0.2, -0.15) is 0 Å². The Bertz CT molecular complexity index is 203. The molecule has 0 radical (unpaired) electrons. The summed E-state index contributed by atoms with van der Waals surface area (Å²) in [5, 5.41) is 2.21. The van der Waals surface area contributed by atoms with Crippen molar-refractivity contribution in [1.82, 2.24) is 5.32 Å². The van der Waals surface area contributed by atoms with Crippen molar-refractivity contribution in [3.63, 3.8) is 0 Å². The monoisotopic (exact) mass is 269 g/mol. The van der Waals surface area contributed by atoms with Crippen LogP contribution in [0.2, 0.25) is 6.04 Å². The number of amides is 1. The van der Waals surface area contributed by atoms with Gasteiger partial charge in [-0.15, -0.1) is 11.6 Å². The van der Waals surface area contributed by atoms with Gasteiger partial charge in [0, 0.05) is 33.9 Å². The van der Waals surface area contributed by atoms with E-state index in [1.165, 1.54) is 0 Å². The van der Waals surface area contributed by atoms with Gasteiger partial charge in [0.1, 0.15) is 5.38 Å². The fraction of sp³-hybridized carbons (Fsp3) is 0.889. The molecule has 1 N–H and O–H groups in total. The summed E-state index contributed by atoms with van der Waals surface area (Å²) in [5.41, 5.74) is 0. The highest BCUT2D eigenvalue weighted by atomic mass is 35.5. The van der Waals surface area contributed by atoms with E-state index in [-0.39, 0.29) is 5.91 Å². The molecule has 1 unspecified atom stereocenters. The average molecular weight is 270 g/mol. The fourth-order valence-electron chi connectivity index (χ4n) is 1.21. The van der Waals surface area contributed by atoms with Gasteiger partial charge in [0.2, 0.25) is 5.91 Å². The Morgan fingerprint density at radius 1 is 1.31 bits per heavy atom. The van der Waals surface area contributed by atoms with Crippen molar-refractivity contribution >= 4 is 26.3 Å². The van der Waals surface area contributed by atoms with Crippen molar-refractivity contribution in [1.29, 1.82) is 0 Å². The number of halogens is 1. The Kier molecular flexibility index (Phi) is 7.95. The fourth-order valence-corrected chi connectivity index (χ4v) is 3.01. The molecule has 5 nitrogen and oxygen atoms in total. The van der Waals surface area contributed by atoms with Crippen LogP contribution in [0, 0.1) is 0 Å². The molecular weight excluding hydrogens is 250 g/mol. The lowest BCUT2D eigenvalue weighted by Gasteiger charge is -2.24. The van der Waals surface area contributed by atoms with Crippen LogP contribution < -0.4 is 5.32 Å². The molecule has 0 spiro atoms. The first-order valence-corrected chi connectivity index (χ1v) is 7.45. The van der Waals surface area contributed by atoms with E-state index in [0.717, 1.165) is 6.42 Å². The van der Waals surface area contributed by atoms with E-state index in [1.807, 2.05) is 0 Å². The van der Waals surface area contributed by atoms with Gasteiger partial charge in [0.15, 0.2) is 0 Å². The summed E-state index contributed by atoms with van der Waals surface area (Å²) < 4.78 is 15.7. The largest absolute Gasteiger partial charge is 0.500 e. The molecule has 1 amide bonds. The summed E-state index contributed by atoms with van der Waals surface area (Å²) in [5.74, 6) is -0.166. The second-order valence-corrected chi connectivity index (χ2v) is 7.05. The number of nitrogens with one attached hydrogen (secondary N) is 1. The molecule has 0 aliphatic rings. The summed E-state index contributed by atoms with van der Waals surface area (Å²) in [7, 11) is 2.20. The summed E-state index contributed by atoms with van der Waals surface area (Å²) in [4.78, 5) is 11.2. The molecule has 0 aliphatic heterocycles. The highest BCUT2D eigenvalue weighted by molar-refractivity contribution is 6.60. The van der Waals surface area contributed by atoms with Crippen molar-refractivity contribution < 1.29 is 18.1 Å². The molecular formula is C9H20ClNO4Si. The Morgan fingerprint density at radius 3 is 2.19 bits per heavy atom. The first kappa shape index (κ1) is 15.9. The molecule has 0 aromatic heterocycles. The molecule has 0 aromatic carbocycles. The van der Waals surface area contributed by atoms with Crippen molar-refractivity contribution in [2.24, 2.45) is 0 Å². The zero-order chi connectivity index (χ0) is 12.6. The minimum Gasteiger partial charge on any atom is -0.377 e. The first-order chi connectivity index (χ1) is 7.51. The third-order valence-electron chi connectivity index (χ3n) is 2.25. The minimum atomic E-state index is -2.50. The Labute approximate surface area is 103 Å². The molecule has 0 aliphatic carbocycles. The maximum absolute atomic E-state index is 11.2. The molecule has 7 heteroatoms. The van der Waals surface area contributed by atoms with Crippen LogP contribution in [-0.4, -0.2) is 48.0 Å². The second kappa shape index (κ2) is 8.02. The van der Waals surface area contributed by atoms with Crippen LogP contribution >= 0.6 is 11.6 Å². The standard InChI is InChI=1S/C9H20ClNO4Si/c1-8(10)9(12)11-6-5-7-16(13-2,14-3)15-4/h8H,5-7H2,1-4H3,(H,11,12). The van der Waals surface area contributed by atoms with E-state index in [4.69, 9.17) is 24.9 Å². The van der Waals surface area contributed by atoms with Gasteiger partial charge in [0.05, 0.1) is 0 Å². The molecule has 0 aromatic rings. The molecule has 0 saturated carbocycles. The molecule has 16 heavy (non-hydrogen) atoms. The number of carbonyl (C=O) groups excluding carboxylic acids is 1. The highest BCUT2D eigenvalue weighted by Crippen LogP contribution is 2.14. The summed E-state index contributed by atoms with van der Waals surface area (Å²) in [6.45, 7) is 2.18. The molecule has 0 heterocycles. The lowest BCUT2D eigenvalue weighted by Crippen LogP contribution is -2.43. The maximum Gasteiger partial charge on any atom is 0.500 e. The molecule has 96 valence electrons. The summed E-state index contributed by atoms with van der Waals surface area (Å²) in [6.07, 6.45) is 0.733. The normalized spacial score (nSPS) is 13.6. The van der Waals surface area contributed by atoms with Gasteiger partial charge in [-0.05, 0) is 13.3 Å². The lowest BCUT2D eigenvalue weighted by atomic mass is 10.4. The number of carbonyl (C=O) groups is 1. The van der Waals surface area contributed by atoms with E-state index in [2.05, 4.69) is 5.32 Å². The molecule has 0 saturated heterocycles. The van der Waals surface area contributed by atoms with Crippen LogP contribution in [-0.2, 0) is 18.1 Å². The second-order valence-electron chi connectivity index (χ2n) is 3.31. The van der Waals surface area contributed by atoms with Gasteiger partial charge < -0.3 is 18.6 Å². The predicted molar refractivity (Wildman–Crippen MR) is 64.5 cm³/mol. The predicted octanol–water partition coefficient (Wildman–Crippen LogP) is 0.998. The third kappa shape index (κ3) is 5.27. The Hall–Kier alpha value is -0.143. The van der Waals surface area contributed by atoms with Gasteiger partial charge >= 0.3 is 8.80 Å². The minimum absolute atomic E-state index is 0.166. The maximum atomic E-state index is 11.2. The van der Waals surface area contributed by atoms with Gasteiger partial charge in [0.25, 0.3) is 0 Å². The first-order valence-electron chi connectivity index (χ1n) is 5.08. The van der Waals surface area contributed by atoms with Gasteiger partial charge in [-0.3, -0.25) is 4.79 Å². The van der Waals surface area contributed by atoms with E-state index in [1.54, 1.807) is 28.3 Å². The van der Waals surface area contributed by atoms with Crippen molar-refractivity contribution in [2.45, 2.75) is 24.8 Å². The third-order valence-corrected chi connectivity index (χ3v) is 5.28. The molecule has 0 bridgehead atoms. The Morgan fingerprint density at radius 2 is 1.81 bits per heavy atom. The van der Waals surface area contributed by atoms with Gasteiger partial charge in [-0.25, -0.2) is 0 Å². The van der Waals surface area contributed by atoms with E-state index in [0.29, 0.717) is 12.6 Å². The number of hydrogen-bond donors (Lipinski definition) is 1. The van der Waals surface area contributed by atoms with Crippen LogP contribution in [0.3, 0.4) is 0 Å². The summed E-state index contributed by atoms with van der Waals surface area (Å²) >= 11 is 5.60. The Balaban J connectivity index is 3.83. The quantitative estimate of drug-likeness (QED) is 0.406. The molecule has 0 fully saturated rings. The topological polar surface area (TPSA) is 56.8 Å². The van der Waals surface area contributed by atoms with Crippen molar-refractivity contribution in [3.8, 4) is 0 Å². The lowest BCUT2D eigenvalue weighted by molar-refractivity contribution is -0.120. The van der Waals surface area contributed by atoms with E-state index < -0.39 is 14.2 Å². The van der Waals surface area contributed by atoms with Crippen LogP contribution in [0.4, 0.5) is 0 Å². The van der Waals surface area contributed by atoms with Crippen molar-refractivity contribution in [2.75, 3.05) is 27.9 Å². The van der Waals surface area contributed by atoms with Crippen LogP contribution in [0.1, 0.15) is 13.3 Å².